The lowest BCUT2D eigenvalue weighted by atomic mass is 10.1. The molecule has 2 aromatic carbocycles. The molecule has 0 bridgehead atoms. The Morgan fingerprint density at radius 1 is 0.897 bits per heavy atom. The number of amides is 2. The first-order valence-corrected chi connectivity index (χ1v) is 10.6. The van der Waals surface area contributed by atoms with Gasteiger partial charge in [0.15, 0.2) is 5.76 Å². The zero-order valence-corrected chi connectivity index (χ0v) is 16.7. The Labute approximate surface area is 173 Å². The summed E-state index contributed by atoms with van der Waals surface area (Å²) < 4.78 is 5.10. The molecule has 1 saturated carbocycles. The second kappa shape index (κ2) is 9.01. The van der Waals surface area contributed by atoms with Crippen LogP contribution in [0.1, 0.15) is 46.6 Å². The van der Waals surface area contributed by atoms with Gasteiger partial charge in [0.05, 0.1) is 12.0 Å². The van der Waals surface area contributed by atoms with Crippen LogP contribution in [-0.4, -0.2) is 17.1 Å². The second-order valence-electron chi connectivity index (χ2n) is 6.99. The monoisotopic (exact) mass is 406 g/mol. The van der Waals surface area contributed by atoms with Crippen LogP contribution in [0.4, 0.5) is 11.4 Å². The van der Waals surface area contributed by atoms with Gasteiger partial charge in [-0.3, -0.25) is 9.59 Å². The highest BCUT2D eigenvalue weighted by Crippen LogP contribution is 2.38. The van der Waals surface area contributed by atoms with Crippen molar-refractivity contribution < 1.29 is 14.0 Å². The first-order chi connectivity index (χ1) is 14.2. The Morgan fingerprint density at radius 3 is 2.52 bits per heavy atom. The molecular weight excluding hydrogens is 384 g/mol. The fraction of sp³-hybridized carbons (Fsp3) is 0.217. The lowest BCUT2D eigenvalue weighted by molar-refractivity contribution is 0.0993. The fourth-order valence-electron chi connectivity index (χ4n) is 3.39. The lowest BCUT2D eigenvalue weighted by Crippen LogP contribution is -2.15. The summed E-state index contributed by atoms with van der Waals surface area (Å²) in [5, 5.41) is 6.38. The molecule has 2 N–H and O–H groups in total. The SMILES string of the molecule is O=C(Nc1ccccc1SC1CCCC1)c1cccc(NC(=O)c2ccco2)c1. The molecule has 3 aromatic rings. The van der Waals surface area contributed by atoms with E-state index in [9.17, 15) is 9.59 Å². The number of rotatable bonds is 6. The van der Waals surface area contributed by atoms with Crippen LogP contribution in [0.3, 0.4) is 0 Å². The van der Waals surface area contributed by atoms with Crippen LogP contribution < -0.4 is 10.6 Å². The molecule has 0 atom stereocenters. The Balaban J connectivity index is 1.46. The van der Waals surface area contributed by atoms with Gasteiger partial charge < -0.3 is 15.1 Å². The van der Waals surface area contributed by atoms with Gasteiger partial charge in [-0.05, 0) is 55.3 Å². The van der Waals surface area contributed by atoms with Crippen LogP contribution in [0.25, 0.3) is 0 Å². The van der Waals surface area contributed by atoms with Crippen molar-refractivity contribution in [2.75, 3.05) is 10.6 Å². The van der Waals surface area contributed by atoms with Crippen LogP contribution in [0, 0.1) is 0 Å². The number of carbonyl (C=O) groups excluding carboxylic acids is 2. The summed E-state index contributed by atoms with van der Waals surface area (Å²) in [7, 11) is 0. The number of carbonyl (C=O) groups is 2. The molecular formula is C23H22N2O3S. The fourth-order valence-corrected chi connectivity index (χ4v) is 4.72. The molecule has 1 aliphatic rings. The summed E-state index contributed by atoms with van der Waals surface area (Å²) in [5.41, 5.74) is 1.83. The minimum Gasteiger partial charge on any atom is -0.459 e. The van der Waals surface area contributed by atoms with Crippen LogP contribution in [0.15, 0.2) is 76.2 Å². The lowest BCUT2D eigenvalue weighted by Gasteiger charge is -2.14. The number of para-hydroxylation sites is 1. The van der Waals surface area contributed by atoms with E-state index >= 15 is 0 Å². The van der Waals surface area contributed by atoms with Gasteiger partial charge in [0.2, 0.25) is 0 Å². The number of furan rings is 1. The Bertz CT molecular complexity index is 995. The Kier molecular flexibility index (Phi) is 6.00. The van der Waals surface area contributed by atoms with Gasteiger partial charge in [-0.15, -0.1) is 11.8 Å². The van der Waals surface area contributed by atoms with Crippen LogP contribution in [-0.2, 0) is 0 Å². The molecule has 6 heteroatoms. The van der Waals surface area contributed by atoms with Crippen molar-refractivity contribution in [1.82, 2.24) is 0 Å². The highest BCUT2D eigenvalue weighted by molar-refractivity contribution is 8.00. The molecule has 29 heavy (non-hydrogen) atoms. The normalized spacial score (nSPS) is 13.9. The number of anilines is 2. The summed E-state index contributed by atoms with van der Waals surface area (Å²) in [6.45, 7) is 0. The van der Waals surface area contributed by atoms with Gasteiger partial charge in [-0.25, -0.2) is 0 Å². The maximum absolute atomic E-state index is 12.8. The summed E-state index contributed by atoms with van der Waals surface area (Å²) in [6.07, 6.45) is 6.46. The van der Waals surface area contributed by atoms with Crippen LogP contribution in [0.2, 0.25) is 0 Å². The molecule has 148 valence electrons. The molecule has 4 rings (SSSR count). The molecule has 0 saturated heterocycles. The number of hydrogen-bond acceptors (Lipinski definition) is 4. The van der Waals surface area contributed by atoms with E-state index in [1.165, 1.54) is 31.9 Å². The first-order valence-electron chi connectivity index (χ1n) is 9.71. The third-order valence-electron chi connectivity index (χ3n) is 4.86. The summed E-state index contributed by atoms with van der Waals surface area (Å²) in [5.74, 6) is -0.345. The highest BCUT2D eigenvalue weighted by Gasteiger charge is 2.18. The molecule has 1 heterocycles. The first kappa shape index (κ1) is 19.3. The molecule has 1 fully saturated rings. The largest absolute Gasteiger partial charge is 0.459 e. The van der Waals surface area contributed by atoms with Gasteiger partial charge in [0, 0.05) is 21.4 Å². The van der Waals surface area contributed by atoms with Gasteiger partial charge in [0.25, 0.3) is 11.8 Å². The van der Waals surface area contributed by atoms with Crippen molar-refractivity contribution in [3.05, 3.63) is 78.3 Å². The summed E-state index contributed by atoms with van der Waals surface area (Å²) in [4.78, 5) is 26.1. The van der Waals surface area contributed by atoms with E-state index in [-0.39, 0.29) is 17.6 Å². The minimum absolute atomic E-state index is 0.210. The quantitative estimate of drug-likeness (QED) is 0.541. The van der Waals surface area contributed by atoms with Crippen molar-refractivity contribution in [3.63, 3.8) is 0 Å². The van der Waals surface area contributed by atoms with E-state index < -0.39 is 0 Å². The van der Waals surface area contributed by atoms with E-state index in [1.807, 2.05) is 30.0 Å². The number of thioether (sulfide) groups is 1. The summed E-state index contributed by atoms with van der Waals surface area (Å²) in [6, 6.07) is 18.0. The topological polar surface area (TPSA) is 71.3 Å². The smallest absolute Gasteiger partial charge is 0.291 e. The molecule has 2 amide bonds. The van der Waals surface area contributed by atoms with Crippen molar-refractivity contribution in [2.24, 2.45) is 0 Å². The zero-order chi connectivity index (χ0) is 20.1. The average molecular weight is 407 g/mol. The van der Waals surface area contributed by atoms with Crippen LogP contribution >= 0.6 is 11.8 Å². The molecule has 5 nitrogen and oxygen atoms in total. The predicted octanol–water partition coefficient (Wildman–Crippen LogP) is 5.82. The maximum atomic E-state index is 12.8. The number of hydrogen-bond donors (Lipinski definition) is 2. The van der Waals surface area contributed by atoms with E-state index in [4.69, 9.17) is 4.42 Å². The summed E-state index contributed by atoms with van der Waals surface area (Å²) >= 11 is 1.84. The molecule has 0 unspecified atom stereocenters. The molecule has 1 aromatic heterocycles. The Morgan fingerprint density at radius 2 is 1.72 bits per heavy atom. The third-order valence-corrected chi connectivity index (χ3v) is 6.27. The molecule has 0 spiro atoms. The second-order valence-corrected chi connectivity index (χ2v) is 8.33. The highest BCUT2D eigenvalue weighted by atomic mass is 32.2. The third kappa shape index (κ3) is 4.90. The molecule has 1 aliphatic carbocycles. The van der Waals surface area contributed by atoms with Gasteiger partial charge in [0.1, 0.15) is 0 Å². The van der Waals surface area contributed by atoms with E-state index in [0.717, 1.165) is 10.6 Å². The van der Waals surface area contributed by atoms with Crippen molar-refractivity contribution in [2.45, 2.75) is 35.8 Å². The van der Waals surface area contributed by atoms with E-state index in [1.54, 1.807) is 36.4 Å². The maximum Gasteiger partial charge on any atom is 0.291 e. The standard InChI is InChI=1S/C23H22N2O3S/c26-22(25-19-11-3-4-13-21(19)29-18-9-1-2-10-18)16-7-5-8-17(15-16)24-23(27)20-12-6-14-28-20/h3-8,11-15,18H,1-2,9-10H2,(H,24,27)(H,25,26). The molecule has 0 radical (unpaired) electrons. The van der Waals surface area contributed by atoms with Crippen LogP contribution in [0.5, 0.6) is 0 Å². The van der Waals surface area contributed by atoms with Gasteiger partial charge in [-0.1, -0.05) is 31.0 Å². The average Bonchev–Trinajstić information content (AvgIpc) is 3.44. The van der Waals surface area contributed by atoms with E-state index in [2.05, 4.69) is 16.7 Å². The van der Waals surface area contributed by atoms with E-state index in [0.29, 0.717) is 16.5 Å². The van der Waals surface area contributed by atoms with Gasteiger partial charge >= 0.3 is 0 Å². The zero-order valence-electron chi connectivity index (χ0n) is 15.9. The van der Waals surface area contributed by atoms with Crippen molar-refractivity contribution >= 4 is 35.0 Å². The Hall–Kier alpha value is -2.99. The van der Waals surface area contributed by atoms with Crippen molar-refractivity contribution in [1.29, 1.82) is 0 Å². The van der Waals surface area contributed by atoms with Gasteiger partial charge in [-0.2, -0.15) is 0 Å². The predicted molar refractivity (Wildman–Crippen MR) is 116 cm³/mol. The minimum atomic E-state index is -0.356. The molecule has 0 aliphatic heterocycles. The van der Waals surface area contributed by atoms with Crippen molar-refractivity contribution in [3.8, 4) is 0 Å². The number of nitrogens with one attached hydrogen (secondary N) is 2. The number of benzene rings is 2.